The Labute approximate surface area is 112 Å². The molecule has 98 valence electrons. The second-order valence-corrected chi connectivity index (χ2v) is 4.64. The molecule has 0 fully saturated rings. The molecule has 0 bridgehead atoms. The maximum atomic E-state index is 12.1. The number of aromatic nitrogens is 1. The summed E-state index contributed by atoms with van der Waals surface area (Å²) in [5.74, 6) is 0.305. The van der Waals surface area contributed by atoms with Crippen LogP contribution in [-0.4, -0.2) is 10.9 Å². The zero-order chi connectivity index (χ0) is 13.8. The molecule has 19 heavy (non-hydrogen) atoms. The summed E-state index contributed by atoms with van der Waals surface area (Å²) >= 11 is 0. The van der Waals surface area contributed by atoms with Gasteiger partial charge in [0.05, 0.1) is 5.56 Å². The lowest BCUT2D eigenvalue weighted by Crippen LogP contribution is -2.15. The number of para-hydroxylation sites is 1. The Morgan fingerprint density at radius 1 is 1.16 bits per heavy atom. The van der Waals surface area contributed by atoms with Crippen molar-refractivity contribution in [2.75, 3.05) is 11.1 Å². The first kappa shape index (κ1) is 13.1. The number of benzene rings is 1. The van der Waals surface area contributed by atoms with Crippen LogP contribution in [0.1, 0.15) is 35.8 Å². The molecule has 0 saturated carbocycles. The molecule has 1 heterocycles. The van der Waals surface area contributed by atoms with Crippen LogP contribution < -0.4 is 11.1 Å². The van der Waals surface area contributed by atoms with Gasteiger partial charge in [-0.05, 0) is 30.2 Å². The van der Waals surface area contributed by atoms with Crippen molar-refractivity contribution in [1.82, 2.24) is 4.98 Å². The number of nitrogen functional groups attached to an aromatic ring is 1. The van der Waals surface area contributed by atoms with Gasteiger partial charge in [-0.15, -0.1) is 0 Å². The molecule has 0 aliphatic carbocycles. The number of nitrogens with two attached hydrogens (primary N) is 1. The zero-order valence-corrected chi connectivity index (χ0v) is 11.1. The van der Waals surface area contributed by atoms with Gasteiger partial charge < -0.3 is 11.1 Å². The highest BCUT2D eigenvalue weighted by Crippen LogP contribution is 2.17. The Hall–Kier alpha value is -2.36. The van der Waals surface area contributed by atoms with Crippen LogP contribution in [0.5, 0.6) is 0 Å². The van der Waals surface area contributed by atoms with E-state index in [1.165, 1.54) is 0 Å². The molecule has 1 amide bonds. The third kappa shape index (κ3) is 3.10. The molecule has 2 aromatic rings. The van der Waals surface area contributed by atoms with Crippen molar-refractivity contribution < 1.29 is 4.79 Å². The molecule has 0 unspecified atom stereocenters. The van der Waals surface area contributed by atoms with Gasteiger partial charge in [0.2, 0.25) is 0 Å². The predicted molar refractivity (Wildman–Crippen MR) is 77.1 cm³/mol. The van der Waals surface area contributed by atoms with E-state index < -0.39 is 0 Å². The molecular formula is C15H17N3O. The number of hydrogen-bond acceptors (Lipinski definition) is 3. The zero-order valence-electron chi connectivity index (χ0n) is 11.1. The van der Waals surface area contributed by atoms with Crippen molar-refractivity contribution in [1.29, 1.82) is 0 Å². The first-order chi connectivity index (χ1) is 9.08. The van der Waals surface area contributed by atoms with Crippen LogP contribution in [0.4, 0.5) is 11.5 Å². The number of hydrogen-bond donors (Lipinski definition) is 2. The van der Waals surface area contributed by atoms with E-state index in [1.54, 1.807) is 6.07 Å². The standard InChI is InChI=1S/C15H17N3O/c1-10(2)13-9-8-12(14(16)18-13)15(19)17-11-6-4-3-5-7-11/h3-10H,1-2H3,(H2,16,18)(H,17,19). The molecule has 0 atom stereocenters. The summed E-state index contributed by atoms with van der Waals surface area (Å²) in [6.45, 7) is 4.07. The van der Waals surface area contributed by atoms with Crippen LogP contribution in [0.15, 0.2) is 42.5 Å². The summed E-state index contributed by atoms with van der Waals surface area (Å²) in [6, 6.07) is 12.8. The third-order valence-corrected chi connectivity index (χ3v) is 2.81. The van der Waals surface area contributed by atoms with E-state index in [0.29, 0.717) is 5.56 Å². The number of anilines is 2. The lowest BCUT2D eigenvalue weighted by Gasteiger charge is -2.10. The topological polar surface area (TPSA) is 68.0 Å². The quantitative estimate of drug-likeness (QED) is 0.885. The minimum absolute atomic E-state index is 0.244. The van der Waals surface area contributed by atoms with Crippen molar-refractivity contribution >= 4 is 17.4 Å². The van der Waals surface area contributed by atoms with Gasteiger partial charge >= 0.3 is 0 Å². The Kier molecular flexibility index (Phi) is 3.80. The summed E-state index contributed by atoms with van der Waals surface area (Å²) in [5.41, 5.74) is 7.86. The van der Waals surface area contributed by atoms with E-state index >= 15 is 0 Å². The fraction of sp³-hybridized carbons (Fsp3) is 0.200. The molecule has 1 aromatic carbocycles. The van der Waals surface area contributed by atoms with E-state index in [2.05, 4.69) is 10.3 Å². The molecule has 3 N–H and O–H groups in total. The molecule has 4 heteroatoms. The van der Waals surface area contributed by atoms with Crippen LogP contribution in [-0.2, 0) is 0 Å². The van der Waals surface area contributed by atoms with Gasteiger partial charge in [-0.2, -0.15) is 0 Å². The van der Waals surface area contributed by atoms with Crippen molar-refractivity contribution in [2.24, 2.45) is 0 Å². The first-order valence-electron chi connectivity index (χ1n) is 6.20. The number of carbonyl (C=O) groups excluding carboxylic acids is 1. The lowest BCUT2D eigenvalue weighted by molar-refractivity contribution is 0.102. The maximum absolute atomic E-state index is 12.1. The Morgan fingerprint density at radius 3 is 2.42 bits per heavy atom. The molecule has 2 rings (SSSR count). The van der Waals surface area contributed by atoms with Crippen LogP contribution in [0.25, 0.3) is 0 Å². The minimum Gasteiger partial charge on any atom is -0.383 e. The van der Waals surface area contributed by atoms with Gasteiger partial charge in [-0.1, -0.05) is 32.0 Å². The van der Waals surface area contributed by atoms with Crippen molar-refractivity contribution in [3.8, 4) is 0 Å². The number of carbonyl (C=O) groups is 1. The van der Waals surface area contributed by atoms with Crippen molar-refractivity contribution in [2.45, 2.75) is 19.8 Å². The highest BCUT2D eigenvalue weighted by atomic mass is 16.1. The molecule has 1 aromatic heterocycles. The van der Waals surface area contributed by atoms with E-state index in [0.717, 1.165) is 11.4 Å². The predicted octanol–water partition coefficient (Wildman–Crippen LogP) is 3.04. The van der Waals surface area contributed by atoms with Crippen LogP contribution in [0, 0.1) is 0 Å². The molecule has 0 aliphatic heterocycles. The number of nitrogens with one attached hydrogen (secondary N) is 1. The molecule has 4 nitrogen and oxygen atoms in total. The molecular weight excluding hydrogens is 238 g/mol. The summed E-state index contributed by atoms with van der Waals surface area (Å²) < 4.78 is 0. The van der Waals surface area contributed by atoms with Crippen molar-refractivity contribution in [3.63, 3.8) is 0 Å². The Bertz CT molecular complexity index is 579. The smallest absolute Gasteiger partial charge is 0.259 e. The van der Waals surface area contributed by atoms with E-state index in [1.807, 2.05) is 50.2 Å². The Balaban J connectivity index is 2.20. The number of nitrogens with zero attached hydrogens (tertiary/aromatic N) is 1. The Morgan fingerprint density at radius 2 is 1.84 bits per heavy atom. The third-order valence-electron chi connectivity index (χ3n) is 2.81. The van der Waals surface area contributed by atoms with E-state index in [4.69, 9.17) is 5.73 Å². The average Bonchev–Trinajstić information content (AvgIpc) is 2.39. The van der Waals surface area contributed by atoms with Crippen molar-refractivity contribution in [3.05, 3.63) is 53.7 Å². The molecule has 0 radical (unpaired) electrons. The highest BCUT2D eigenvalue weighted by Gasteiger charge is 2.12. The van der Waals surface area contributed by atoms with Crippen LogP contribution in [0.3, 0.4) is 0 Å². The molecule has 0 saturated heterocycles. The van der Waals surface area contributed by atoms with Gasteiger partial charge in [0.15, 0.2) is 0 Å². The lowest BCUT2D eigenvalue weighted by atomic mass is 10.1. The van der Waals surface area contributed by atoms with Gasteiger partial charge in [0.25, 0.3) is 5.91 Å². The van der Waals surface area contributed by atoms with Gasteiger partial charge in [-0.25, -0.2) is 4.98 Å². The fourth-order valence-electron chi connectivity index (χ4n) is 1.72. The second-order valence-electron chi connectivity index (χ2n) is 4.64. The number of pyridine rings is 1. The first-order valence-corrected chi connectivity index (χ1v) is 6.20. The molecule has 0 aliphatic rings. The van der Waals surface area contributed by atoms with Gasteiger partial charge in [0, 0.05) is 11.4 Å². The number of amides is 1. The molecule has 0 spiro atoms. The summed E-state index contributed by atoms with van der Waals surface area (Å²) in [5, 5.41) is 2.79. The maximum Gasteiger partial charge on any atom is 0.259 e. The van der Waals surface area contributed by atoms with E-state index in [9.17, 15) is 4.79 Å². The highest BCUT2D eigenvalue weighted by molar-refractivity contribution is 6.07. The normalized spacial score (nSPS) is 10.5. The van der Waals surface area contributed by atoms with Gasteiger partial charge in [-0.3, -0.25) is 4.79 Å². The van der Waals surface area contributed by atoms with Gasteiger partial charge in [0.1, 0.15) is 5.82 Å². The largest absolute Gasteiger partial charge is 0.383 e. The van der Waals surface area contributed by atoms with Crippen LogP contribution in [0.2, 0.25) is 0 Å². The summed E-state index contributed by atoms with van der Waals surface area (Å²) in [6.07, 6.45) is 0. The SMILES string of the molecule is CC(C)c1ccc(C(=O)Nc2ccccc2)c(N)n1. The fourth-order valence-corrected chi connectivity index (χ4v) is 1.72. The second kappa shape index (κ2) is 5.52. The monoisotopic (exact) mass is 255 g/mol. The summed E-state index contributed by atoms with van der Waals surface area (Å²) in [7, 11) is 0. The van der Waals surface area contributed by atoms with E-state index in [-0.39, 0.29) is 17.6 Å². The minimum atomic E-state index is -0.244. The summed E-state index contributed by atoms with van der Waals surface area (Å²) in [4.78, 5) is 16.3. The van der Waals surface area contributed by atoms with Crippen LogP contribution >= 0.6 is 0 Å². The average molecular weight is 255 g/mol. The number of rotatable bonds is 3.